The zero-order valence-corrected chi connectivity index (χ0v) is 17.8. The number of ether oxygens (including phenoxy) is 3. The fourth-order valence-corrected chi connectivity index (χ4v) is 2.70. The average Bonchev–Trinajstić information content (AvgIpc) is 2.76. The first-order valence-electron chi connectivity index (χ1n) is 9.57. The highest BCUT2D eigenvalue weighted by molar-refractivity contribution is 6.04. The summed E-state index contributed by atoms with van der Waals surface area (Å²) >= 11 is 0. The maximum Gasteiger partial charge on any atom is 0.437 e. The molecule has 0 aromatic heterocycles. The van der Waals surface area contributed by atoms with Crippen molar-refractivity contribution in [2.75, 3.05) is 13.2 Å². The summed E-state index contributed by atoms with van der Waals surface area (Å²) in [7, 11) is 0. The summed E-state index contributed by atoms with van der Waals surface area (Å²) in [6, 6.07) is 8.77. The summed E-state index contributed by atoms with van der Waals surface area (Å²) in [5.41, 5.74) is -3.80. The second-order valence-electron chi connectivity index (χ2n) is 6.79. The van der Waals surface area contributed by atoms with Crippen LogP contribution < -0.4 is 9.47 Å². The number of esters is 1. The maximum atomic E-state index is 12.8. The minimum atomic E-state index is -4.87. The van der Waals surface area contributed by atoms with Gasteiger partial charge in [0.2, 0.25) is 0 Å². The molecular formula is C21H18F6N2O6. The molecule has 0 atom stereocenters. The van der Waals surface area contributed by atoms with E-state index in [0.717, 1.165) is 31.2 Å². The van der Waals surface area contributed by atoms with E-state index in [2.05, 4.69) is 10.3 Å². The molecule has 0 bridgehead atoms. The highest BCUT2D eigenvalue weighted by atomic mass is 19.4. The first kappa shape index (κ1) is 27.3. The minimum absolute atomic E-state index is 0.109. The van der Waals surface area contributed by atoms with Gasteiger partial charge >= 0.3 is 18.3 Å². The van der Waals surface area contributed by atoms with E-state index in [1.54, 1.807) is 0 Å². The molecule has 0 radical (unpaired) electrons. The molecule has 0 saturated carbocycles. The molecule has 0 aliphatic heterocycles. The Morgan fingerprint density at radius 1 is 0.771 bits per heavy atom. The van der Waals surface area contributed by atoms with Gasteiger partial charge in [0.15, 0.2) is 17.5 Å². The van der Waals surface area contributed by atoms with Gasteiger partial charge in [-0.2, -0.15) is 26.3 Å². The van der Waals surface area contributed by atoms with Crippen molar-refractivity contribution in [1.29, 1.82) is 0 Å². The third-order valence-corrected chi connectivity index (χ3v) is 4.20. The Morgan fingerprint density at radius 2 is 1.11 bits per heavy atom. The van der Waals surface area contributed by atoms with Crippen molar-refractivity contribution in [2.24, 2.45) is 10.3 Å². The third-order valence-electron chi connectivity index (χ3n) is 4.20. The van der Waals surface area contributed by atoms with Crippen LogP contribution in [0, 0.1) is 0 Å². The zero-order valence-electron chi connectivity index (χ0n) is 17.8. The highest BCUT2D eigenvalue weighted by Crippen LogP contribution is 2.25. The fraction of sp³-hybridized carbons (Fsp3) is 0.286. The predicted molar refractivity (Wildman–Crippen MR) is 108 cm³/mol. The Hall–Kier alpha value is -3.97. The number of carbonyl (C=O) groups is 1. The zero-order chi connectivity index (χ0) is 26.2. The van der Waals surface area contributed by atoms with Crippen LogP contribution in [-0.2, 0) is 9.53 Å². The van der Waals surface area contributed by atoms with Crippen molar-refractivity contribution in [3.05, 3.63) is 59.7 Å². The van der Waals surface area contributed by atoms with Crippen molar-refractivity contribution >= 4 is 17.4 Å². The number of carbonyl (C=O) groups excluding carboxylic acids is 1. The summed E-state index contributed by atoms with van der Waals surface area (Å²) in [6.07, 6.45) is -10.7. The lowest BCUT2D eigenvalue weighted by Crippen LogP contribution is -2.30. The smallest absolute Gasteiger partial charge is 0.437 e. The molecule has 2 aromatic carbocycles. The van der Waals surface area contributed by atoms with Crippen molar-refractivity contribution in [1.82, 2.24) is 0 Å². The summed E-state index contributed by atoms with van der Waals surface area (Å²) in [5.74, 6) is -0.466. The highest BCUT2D eigenvalue weighted by Gasteiger charge is 2.38. The quantitative estimate of drug-likeness (QED) is 0.169. The van der Waals surface area contributed by atoms with Gasteiger partial charge in [0.25, 0.3) is 0 Å². The van der Waals surface area contributed by atoms with Crippen LogP contribution >= 0.6 is 0 Å². The Morgan fingerprint density at radius 3 is 1.37 bits per heavy atom. The van der Waals surface area contributed by atoms with E-state index in [4.69, 9.17) is 24.6 Å². The van der Waals surface area contributed by atoms with E-state index >= 15 is 0 Å². The van der Waals surface area contributed by atoms with Crippen molar-refractivity contribution in [2.45, 2.75) is 25.4 Å². The largest absolute Gasteiger partial charge is 0.490 e. The summed E-state index contributed by atoms with van der Waals surface area (Å²) in [6.45, 7) is 0.579. The van der Waals surface area contributed by atoms with Crippen molar-refractivity contribution in [3.63, 3.8) is 0 Å². The van der Waals surface area contributed by atoms with Gasteiger partial charge in [0.1, 0.15) is 24.7 Å². The lowest BCUT2D eigenvalue weighted by Gasteiger charge is -2.19. The van der Waals surface area contributed by atoms with E-state index in [0.29, 0.717) is 0 Å². The van der Waals surface area contributed by atoms with E-state index < -0.39 is 47.0 Å². The number of nitrogens with zero attached hydrogens (tertiary/aromatic N) is 2. The van der Waals surface area contributed by atoms with Crippen LogP contribution in [0.2, 0.25) is 0 Å². The van der Waals surface area contributed by atoms with Crippen LogP contribution in [0.4, 0.5) is 26.3 Å². The monoisotopic (exact) mass is 508 g/mol. The van der Waals surface area contributed by atoms with E-state index in [1.807, 2.05) is 0 Å². The van der Waals surface area contributed by atoms with Gasteiger partial charge in [-0.15, -0.1) is 0 Å². The average molecular weight is 508 g/mol. The molecule has 0 fully saturated rings. The molecule has 0 amide bonds. The van der Waals surface area contributed by atoms with E-state index in [1.165, 1.54) is 24.3 Å². The summed E-state index contributed by atoms with van der Waals surface area (Å²) < 4.78 is 92.6. The van der Waals surface area contributed by atoms with Crippen LogP contribution in [0.3, 0.4) is 0 Å². The Bertz CT molecular complexity index is 972. The molecule has 0 saturated heterocycles. The number of hydrogen-bond donors (Lipinski definition) is 2. The second kappa shape index (κ2) is 11.4. The van der Waals surface area contributed by atoms with Gasteiger partial charge in [0.05, 0.1) is 0 Å². The van der Waals surface area contributed by atoms with Gasteiger partial charge < -0.3 is 24.6 Å². The molecule has 0 aliphatic carbocycles. The normalized spacial score (nSPS) is 13.0. The summed E-state index contributed by atoms with van der Waals surface area (Å²) in [5, 5.41) is 21.7. The third kappa shape index (κ3) is 8.08. The molecular weight excluding hydrogens is 490 g/mol. The minimum Gasteiger partial charge on any atom is -0.490 e. The number of alkyl halides is 6. The van der Waals surface area contributed by atoms with E-state index in [9.17, 15) is 31.1 Å². The van der Waals surface area contributed by atoms with Crippen LogP contribution in [-0.4, -0.2) is 59.5 Å². The number of oxime groups is 2. The standard InChI is InChI=1S/C21H18F6N2O6/c1-12(30)35-17(10-33-15-6-2-13(3-7-15)18(28-31)20(22,23)24)11-34-16-8-4-14(5-9-16)19(29-32)21(25,26)27/h2-9,17,31-32H,10-11H2,1H3/b28-18-,29-19-. The number of hydrogen-bond acceptors (Lipinski definition) is 8. The molecule has 0 heterocycles. The van der Waals surface area contributed by atoms with Gasteiger partial charge in [-0.05, 0) is 48.5 Å². The van der Waals surface area contributed by atoms with Gasteiger partial charge in [-0.1, -0.05) is 10.3 Å². The maximum absolute atomic E-state index is 12.8. The molecule has 0 spiro atoms. The van der Waals surface area contributed by atoms with Crippen LogP contribution in [0.25, 0.3) is 0 Å². The first-order valence-corrected chi connectivity index (χ1v) is 9.57. The Labute approximate surface area is 194 Å². The fourth-order valence-electron chi connectivity index (χ4n) is 2.70. The van der Waals surface area contributed by atoms with E-state index in [-0.39, 0.29) is 24.7 Å². The second-order valence-corrected chi connectivity index (χ2v) is 6.79. The molecule has 2 N–H and O–H groups in total. The molecule has 14 heteroatoms. The lowest BCUT2D eigenvalue weighted by atomic mass is 10.1. The topological polar surface area (TPSA) is 110 Å². The predicted octanol–water partition coefficient (Wildman–Crippen LogP) is 4.56. The first-order chi connectivity index (χ1) is 16.3. The van der Waals surface area contributed by atoms with Gasteiger partial charge in [-0.25, -0.2) is 0 Å². The van der Waals surface area contributed by atoms with Crippen LogP contribution in [0.15, 0.2) is 58.8 Å². The number of halogens is 6. The van der Waals surface area contributed by atoms with Gasteiger partial charge in [-0.3, -0.25) is 4.79 Å². The molecule has 0 aliphatic rings. The van der Waals surface area contributed by atoms with Crippen molar-refractivity contribution in [3.8, 4) is 11.5 Å². The van der Waals surface area contributed by atoms with Crippen molar-refractivity contribution < 1.29 is 55.8 Å². The molecule has 190 valence electrons. The summed E-state index contributed by atoms with van der Waals surface area (Å²) in [4.78, 5) is 11.4. The lowest BCUT2D eigenvalue weighted by molar-refractivity contribution is -0.149. The van der Waals surface area contributed by atoms with Crippen LogP contribution in [0.5, 0.6) is 11.5 Å². The van der Waals surface area contributed by atoms with Crippen LogP contribution in [0.1, 0.15) is 18.1 Å². The Balaban J connectivity index is 2.01. The van der Waals surface area contributed by atoms with Gasteiger partial charge in [0, 0.05) is 18.1 Å². The number of rotatable bonds is 9. The molecule has 2 aromatic rings. The molecule has 0 unspecified atom stereocenters. The number of benzene rings is 2. The molecule has 8 nitrogen and oxygen atoms in total. The SMILES string of the molecule is CC(=O)OC(COc1ccc(/C(=N/O)C(F)(F)F)cc1)COc1ccc(/C(=N/O)C(F)(F)F)cc1. The molecule has 2 rings (SSSR count). The Kier molecular flexibility index (Phi) is 8.92. The molecule has 35 heavy (non-hydrogen) atoms.